The fourth-order valence-corrected chi connectivity index (χ4v) is 5.26. The van der Waals surface area contributed by atoms with Crippen molar-refractivity contribution in [2.24, 2.45) is 23.7 Å². The number of nitrogens with zero attached hydrogens (tertiary/aromatic N) is 2. The zero-order valence-corrected chi connectivity index (χ0v) is 21.2. The van der Waals surface area contributed by atoms with E-state index in [0.717, 1.165) is 25.8 Å². The molecule has 3 aliphatic rings. The summed E-state index contributed by atoms with van der Waals surface area (Å²) in [6.45, 7) is 11.7. The average Bonchev–Trinajstić information content (AvgIpc) is 2.72. The second-order valence-electron chi connectivity index (χ2n) is 11.3. The zero-order valence-electron chi connectivity index (χ0n) is 21.2. The molecule has 0 bridgehead atoms. The molecule has 2 saturated heterocycles. The van der Waals surface area contributed by atoms with Gasteiger partial charge in [-0.1, -0.05) is 34.1 Å². The molecule has 3 rings (SSSR count). The minimum atomic E-state index is -0.391. The molecule has 0 radical (unpaired) electrons. The molecule has 2 heterocycles. The third-order valence-electron chi connectivity index (χ3n) is 7.47. The number of carbonyl (C=O) groups is 3. The number of esters is 1. The molecule has 0 aromatic rings. The highest BCUT2D eigenvalue weighted by Crippen LogP contribution is 2.28. The molecule has 7 heteroatoms. The largest absolute Gasteiger partial charge is 0.465 e. The summed E-state index contributed by atoms with van der Waals surface area (Å²) in [4.78, 5) is 42.8. The minimum absolute atomic E-state index is 0.0676. The second kappa shape index (κ2) is 12.2. The van der Waals surface area contributed by atoms with Crippen LogP contribution < -0.4 is 5.32 Å². The Labute approximate surface area is 200 Å². The van der Waals surface area contributed by atoms with Crippen LogP contribution in [0.15, 0.2) is 0 Å². The van der Waals surface area contributed by atoms with Gasteiger partial charge in [0.15, 0.2) is 0 Å². The van der Waals surface area contributed by atoms with Crippen LogP contribution >= 0.6 is 0 Å². The van der Waals surface area contributed by atoms with Crippen LogP contribution in [0.5, 0.6) is 0 Å². The van der Waals surface area contributed by atoms with Gasteiger partial charge in [0.25, 0.3) is 0 Å². The molecule has 1 aliphatic carbocycles. The van der Waals surface area contributed by atoms with Gasteiger partial charge >= 0.3 is 5.97 Å². The Balaban J connectivity index is 1.53. The van der Waals surface area contributed by atoms with Crippen LogP contribution in [-0.2, 0) is 19.1 Å². The first-order valence-electron chi connectivity index (χ1n) is 13.2. The average molecular weight is 464 g/mol. The Morgan fingerprint density at radius 2 is 1.70 bits per heavy atom. The monoisotopic (exact) mass is 463 g/mol. The Morgan fingerprint density at radius 3 is 2.27 bits per heavy atom. The summed E-state index contributed by atoms with van der Waals surface area (Å²) < 4.78 is 5.46. The van der Waals surface area contributed by atoms with Crippen LogP contribution in [-0.4, -0.2) is 72.5 Å². The van der Waals surface area contributed by atoms with Crippen LogP contribution in [0.2, 0.25) is 0 Å². The first-order chi connectivity index (χ1) is 15.7. The van der Waals surface area contributed by atoms with E-state index in [1.807, 2.05) is 9.80 Å². The molecule has 2 aliphatic heterocycles. The molecule has 0 unspecified atom stereocenters. The summed E-state index contributed by atoms with van der Waals surface area (Å²) in [6.07, 6.45) is 7.20. The number of ether oxygens (including phenoxy) is 1. The van der Waals surface area contributed by atoms with Crippen LogP contribution in [0.4, 0.5) is 0 Å². The first-order valence-corrected chi connectivity index (χ1v) is 13.2. The Bertz CT molecular complexity index is 668. The third-order valence-corrected chi connectivity index (χ3v) is 7.47. The summed E-state index contributed by atoms with van der Waals surface area (Å²) in [7, 11) is 0. The topological polar surface area (TPSA) is 79.0 Å². The van der Waals surface area contributed by atoms with Gasteiger partial charge in [0.05, 0.1) is 12.6 Å². The molecular formula is C26H45N3O4. The maximum absolute atomic E-state index is 13.6. The Morgan fingerprint density at radius 1 is 1.00 bits per heavy atom. The number of rotatable bonds is 10. The molecule has 2 amide bonds. The molecule has 0 aromatic carbocycles. The van der Waals surface area contributed by atoms with Gasteiger partial charge in [0, 0.05) is 32.6 Å². The summed E-state index contributed by atoms with van der Waals surface area (Å²) in [5.41, 5.74) is 0. The Hall–Kier alpha value is -1.63. The highest BCUT2D eigenvalue weighted by molar-refractivity contribution is 5.90. The van der Waals surface area contributed by atoms with Gasteiger partial charge in [-0.2, -0.15) is 0 Å². The van der Waals surface area contributed by atoms with E-state index >= 15 is 0 Å². The van der Waals surface area contributed by atoms with Crippen LogP contribution in [0.25, 0.3) is 0 Å². The molecule has 0 spiro atoms. The number of hydrogen-bond donors (Lipinski definition) is 1. The maximum atomic E-state index is 13.6. The molecule has 188 valence electrons. The number of piperazine rings is 1. The summed E-state index contributed by atoms with van der Waals surface area (Å²) in [5, 5.41) is 3.35. The number of piperidine rings is 1. The predicted octanol–water partition coefficient (Wildman–Crippen LogP) is 3.22. The molecular weight excluding hydrogens is 418 g/mol. The quantitative estimate of drug-likeness (QED) is 0.503. The zero-order chi connectivity index (χ0) is 24.0. The molecule has 2 atom stereocenters. The van der Waals surface area contributed by atoms with E-state index in [2.05, 4.69) is 33.0 Å². The third kappa shape index (κ3) is 7.43. The van der Waals surface area contributed by atoms with Gasteiger partial charge in [0.1, 0.15) is 6.04 Å². The van der Waals surface area contributed by atoms with Crippen molar-refractivity contribution in [3.8, 4) is 0 Å². The van der Waals surface area contributed by atoms with Crippen molar-refractivity contribution in [3.05, 3.63) is 0 Å². The molecule has 0 aromatic heterocycles. The number of carbonyl (C=O) groups excluding carboxylic acids is 3. The fourth-order valence-electron chi connectivity index (χ4n) is 5.26. The van der Waals surface area contributed by atoms with E-state index in [1.54, 1.807) is 0 Å². The van der Waals surface area contributed by atoms with E-state index < -0.39 is 6.04 Å². The number of nitrogens with one attached hydrogen (secondary N) is 1. The highest BCUT2D eigenvalue weighted by Gasteiger charge is 2.39. The van der Waals surface area contributed by atoms with E-state index in [1.165, 1.54) is 19.3 Å². The van der Waals surface area contributed by atoms with Gasteiger partial charge in [0.2, 0.25) is 11.8 Å². The normalized spacial score (nSPS) is 23.7. The van der Waals surface area contributed by atoms with E-state index in [4.69, 9.17) is 4.74 Å². The highest BCUT2D eigenvalue weighted by atomic mass is 16.5. The molecule has 1 saturated carbocycles. The van der Waals surface area contributed by atoms with Crippen molar-refractivity contribution in [2.45, 2.75) is 91.1 Å². The van der Waals surface area contributed by atoms with Gasteiger partial charge in [-0.3, -0.25) is 14.4 Å². The van der Waals surface area contributed by atoms with Crippen molar-refractivity contribution in [1.82, 2.24) is 15.1 Å². The molecule has 7 nitrogen and oxygen atoms in total. The van der Waals surface area contributed by atoms with Gasteiger partial charge < -0.3 is 19.9 Å². The summed E-state index contributed by atoms with van der Waals surface area (Å²) in [5.74, 6) is 1.65. The molecule has 3 fully saturated rings. The lowest BCUT2D eigenvalue weighted by Crippen LogP contribution is -2.62. The van der Waals surface area contributed by atoms with Crippen molar-refractivity contribution in [3.63, 3.8) is 0 Å². The predicted molar refractivity (Wildman–Crippen MR) is 128 cm³/mol. The van der Waals surface area contributed by atoms with Crippen molar-refractivity contribution >= 4 is 17.8 Å². The van der Waals surface area contributed by atoms with Gasteiger partial charge in [-0.15, -0.1) is 0 Å². The standard InChI is InChI=1S/C26H45N3O4/c1-18(2)14-22-25(31)29(13-10-27-22)23(15-19(3)4)26(32)28-11-8-20(9-12-28)16-24(30)33-17-21-6-5-7-21/h18-23,27H,5-17H2,1-4H3/t22-,23-/m0/s1. The summed E-state index contributed by atoms with van der Waals surface area (Å²) in [6, 6.07) is -0.587. The van der Waals surface area contributed by atoms with Crippen LogP contribution in [0.1, 0.15) is 79.1 Å². The second-order valence-corrected chi connectivity index (χ2v) is 11.3. The van der Waals surface area contributed by atoms with Crippen LogP contribution in [0, 0.1) is 23.7 Å². The maximum Gasteiger partial charge on any atom is 0.306 e. The molecule has 1 N–H and O–H groups in total. The van der Waals surface area contributed by atoms with Gasteiger partial charge in [-0.25, -0.2) is 0 Å². The fraction of sp³-hybridized carbons (Fsp3) is 0.885. The number of hydrogen-bond acceptors (Lipinski definition) is 5. The number of amides is 2. The number of likely N-dealkylation sites (tertiary alicyclic amines) is 1. The van der Waals surface area contributed by atoms with E-state index in [9.17, 15) is 14.4 Å². The van der Waals surface area contributed by atoms with Gasteiger partial charge in [-0.05, 0) is 62.2 Å². The van der Waals surface area contributed by atoms with E-state index in [0.29, 0.717) is 56.8 Å². The van der Waals surface area contributed by atoms with Crippen LogP contribution in [0.3, 0.4) is 0 Å². The minimum Gasteiger partial charge on any atom is -0.465 e. The van der Waals surface area contributed by atoms with Crippen molar-refractivity contribution in [2.75, 3.05) is 32.8 Å². The molecule has 33 heavy (non-hydrogen) atoms. The lowest BCUT2D eigenvalue weighted by molar-refractivity contribution is -0.151. The lowest BCUT2D eigenvalue weighted by atomic mass is 9.86. The summed E-state index contributed by atoms with van der Waals surface area (Å²) >= 11 is 0. The Kier molecular flexibility index (Phi) is 9.59. The SMILES string of the molecule is CC(C)C[C@@H]1NCCN([C@@H](CC(C)C)C(=O)N2CCC(CC(=O)OCC3CCC3)CC2)C1=O. The van der Waals surface area contributed by atoms with E-state index in [-0.39, 0.29) is 29.7 Å². The lowest BCUT2D eigenvalue weighted by Gasteiger charge is -2.42. The van der Waals surface area contributed by atoms with Crippen molar-refractivity contribution in [1.29, 1.82) is 0 Å². The smallest absolute Gasteiger partial charge is 0.306 e. The first kappa shape index (κ1) is 26.0. The van der Waals surface area contributed by atoms with Crippen molar-refractivity contribution < 1.29 is 19.1 Å².